The lowest BCUT2D eigenvalue weighted by Gasteiger charge is -2.13. The summed E-state index contributed by atoms with van der Waals surface area (Å²) in [6.07, 6.45) is 0. The van der Waals surface area contributed by atoms with Gasteiger partial charge in [-0.1, -0.05) is 29.8 Å². The van der Waals surface area contributed by atoms with E-state index in [2.05, 4.69) is 4.74 Å². The van der Waals surface area contributed by atoms with Crippen molar-refractivity contribution in [3.8, 4) is 17.3 Å². The van der Waals surface area contributed by atoms with Crippen LogP contribution in [0.15, 0.2) is 35.1 Å². The fourth-order valence-electron chi connectivity index (χ4n) is 1.73. The first-order chi connectivity index (χ1) is 9.49. The van der Waals surface area contributed by atoms with Crippen molar-refractivity contribution in [2.24, 2.45) is 0 Å². The molecule has 6 nitrogen and oxygen atoms in total. The zero-order valence-corrected chi connectivity index (χ0v) is 11.1. The van der Waals surface area contributed by atoms with Crippen LogP contribution in [0.25, 0.3) is 5.69 Å². The number of benzene rings is 1. The Morgan fingerprint density at radius 1 is 1.25 bits per heavy atom. The zero-order chi connectivity index (χ0) is 14.9. The molecule has 1 aromatic heterocycles. The zero-order valence-electron chi connectivity index (χ0n) is 10.3. The Labute approximate surface area is 118 Å². The number of pyridine rings is 1. The van der Waals surface area contributed by atoms with Gasteiger partial charge in [-0.05, 0) is 12.1 Å². The van der Waals surface area contributed by atoms with E-state index in [0.29, 0.717) is 5.69 Å². The average molecular weight is 296 g/mol. The van der Waals surface area contributed by atoms with E-state index in [4.69, 9.17) is 11.6 Å². The summed E-state index contributed by atoms with van der Waals surface area (Å²) in [7, 11) is 1.06. The lowest BCUT2D eigenvalue weighted by molar-refractivity contribution is 0.0594. The molecule has 1 aromatic carbocycles. The molecule has 0 aliphatic heterocycles. The summed E-state index contributed by atoms with van der Waals surface area (Å²) in [5.74, 6) is -2.51. The fraction of sp³-hybridized carbons (Fsp3) is 0.0769. The SMILES string of the molecule is COC(=O)c1c(O)c(Cl)c(O)n(-c2ccccc2)c1=O. The Kier molecular flexibility index (Phi) is 3.67. The quantitative estimate of drug-likeness (QED) is 0.823. The van der Waals surface area contributed by atoms with Gasteiger partial charge < -0.3 is 14.9 Å². The molecule has 0 spiro atoms. The minimum Gasteiger partial charge on any atom is -0.505 e. The largest absolute Gasteiger partial charge is 0.505 e. The second-order valence-electron chi connectivity index (χ2n) is 3.83. The first-order valence-corrected chi connectivity index (χ1v) is 5.87. The van der Waals surface area contributed by atoms with Gasteiger partial charge in [-0.2, -0.15) is 0 Å². The number of aromatic nitrogens is 1. The molecule has 1 heterocycles. The monoisotopic (exact) mass is 295 g/mol. The third-order valence-corrected chi connectivity index (χ3v) is 3.02. The van der Waals surface area contributed by atoms with Crippen LogP contribution in [-0.4, -0.2) is 27.9 Å². The predicted octanol–water partition coefficient (Wildman–Crippen LogP) is 1.69. The molecule has 0 radical (unpaired) electrons. The van der Waals surface area contributed by atoms with E-state index < -0.39 is 33.7 Å². The van der Waals surface area contributed by atoms with Crippen LogP contribution in [0.3, 0.4) is 0 Å². The highest BCUT2D eigenvalue weighted by Crippen LogP contribution is 2.34. The standard InChI is InChI=1S/C13H10ClNO5/c1-20-13(19)8-10(16)9(14)12(18)15(11(8)17)7-5-3-2-4-6-7/h2-6,16,18H,1H3. The van der Waals surface area contributed by atoms with Crippen molar-refractivity contribution in [1.82, 2.24) is 4.57 Å². The number of carbonyl (C=O) groups is 1. The predicted molar refractivity (Wildman–Crippen MR) is 71.7 cm³/mol. The van der Waals surface area contributed by atoms with Gasteiger partial charge in [0.15, 0.2) is 11.3 Å². The number of methoxy groups -OCH3 is 1. The Morgan fingerprint density at radius 2 is 1.85 bits per heavy atom. The van der Waals surface area contributed by atoms with Gasteiger partial charge >= 0.3 is 5.97 Å². The molecule has 20 heavy (non-hydrogen) atoms. The number of aromatic hydroxyl groups is 2. The van der Waals surface area contributed by atoms with Crippen LogP contribution in [0.5, 0.6) is 11.6 Å². The fourth-order valence-corrected chi connectivity index (χ4v) is 1.90. The number of hydrogen-bond acceptors (Lipinski definition) is 5. The van der Waals surface area contributed by atoms with Crippen molar-refractivity contribution in [3.05, 3.63) is 51.3 Å². The van der Waals surface area contributed by atoms with Crippen molar-refractivity contribution < 1.29 is 19.7 Å². The molecule has 2 aromatic rings. The highest BCUT2D eigenvalue weighted by atomic mass is 35.5. The summed E-state index contributed by atoms with van der Waals surface area (Å²) in [6.45, 7) is 0. The van der Waals surface area contributed by atoms with Crippen molar-refractivity contribution in [2.75, 3.05) is 7.11 Å². The number of esters is 1. The number of ether oxygens (including phenoxy) is 1. The first kappa shape index (κ1) is 14.0. The molecule has 0 atom stereocenters. The van der Waals surface area contributed by atoms with Crippen molar-refractivity contribution >= 4 is 17.6 Å². The maximum Gasteiger partial charge on any atom is 0.347 e. The summed E-state index contributed by atoms with van der Waals surface area (Å²) < 4.78 is 5.24. The number of para-hydroxylation sites is 1. The topological polar surface area (TPSA) is 88.8 Å². The molecule has 7 heteroatoms. The highest BCUT2D eigenvalue weighted by Gasteiger charge is 2.26. The molecule has 0 amide bonds. The van der Waals surface area contributed by atoms with Crippen LogP contribution in [0.1, 0.15) is 10.4 Å². The van der Waals surface area contributed by atoms with Gasteiger partial charge in [0.2, 0.25) is 5.88 Å². The molecular weight excluding hydrogens is 286 g/mol. The number of nitrogens with zero attached hydrogens (tertiary/aromatic N) is 1. The molecule has 0 aliphatic carbocycles. The summed E-state index contributed by atoms with van der Waals surface area (Å²) in [5, 5.41) is 19.1. The second kappa shape index (κ2) is 5.26. The smallest absolute Gasteiger partial charge is 0.347 e. The normalized spacial score (nSPS) is 10.3. The van der Waals surface area contributed by atoms with Crippen LogP contribution >= 0.6 is 11.6 Å². The van der Waals surface area contributed by atoms with E-state index in [1.165, 1.54) is 12.1 Å². The molecule has 0 unspecified atom stereocenters. The summed E-state index contributed by atoms with van der Waals surface area (Å²) in [6, 6.07) is 8.07. The number of carbonyl (C=O) groups excluding carboxylic acids is 1. The number of halogens is 1. The van der Waals surface area contributed by atoms with E-state index >= 15 is 0 Å². The van der Waals surface area contributed by atoms with E-state index in [-0.39, 0.29) is 0 Å². The lowest BCUT2D eigenvalue weighted by Crippen LogP contribution is -2.26. The maximum absolute atomic E-state index is 12.2. The maximum atomic E-state index is 12.2. The van der Waals surface area contributed by atoms with Crippen LogP contribution in [-0.2, 0) is 4.74 Å². The third-order valence-electron chi connectivity index (χ3n) is 2.67. The van der Waals surface area contributed by atoms with Crippen LogP contribution in [0.2, 0.25) is 5.02 Å². The van der Waals surface area contributed by atoms with Gasteiger partial charge in [0, 0.05) is 0 Å². The average Bonchev–Trinajstić information content (AvgIpc) is 2.46. The van der Waals surface area contributed by atoms with Crippen LogP contribution in [0, 0.1) is 0 Å². The molecule has 0 aliphatic rings. The second-order valence-corrected chi connectivity index (χ2v) is 4.21. The summed E-state index contributed by atoms with van der Waals surface area (Å²) >= 11 is 5.74. The van der Waals surface area contributed by atoms with Crippen LogP contribution < -0.4 is 5.56 Å². The number of rotatable bonds is 2. The van der Waals surface area contributed by atoms with Crippen LogP contribution in [0.4, 0.5) is 0 Å². The molecule has 2 rings (SSSR count). The molecule has 0 fully saturated rings. The summed E-state index contributed by atoms with van der Waals surface area (Å²) in [4.78, 5) is 23.8. The molecule has 0 saturated heterocycles. The van der Waals surface area contributed by atoms with Gasteiger partial charge in [-0.25, -0.2) is 9.36 Å². The van der Waals surface area contributed by atoms with Crippen molar-refractivity contribution in [1.29, 1.82) is 0 Å². The van der Waals surface area contributed by atoms with E-state index in [0.717, 1.165) is 11.7 Å². The minimum absolute atomic E-state index is 0.294. The van der Waals surface area contributed by atoms with Gasteiger partial charge in [0.1, 0.15) is 5.02 Å². The molecule has 0 saturated carbocycles. The van der Waals surface area contributed by atoms with Gasteiger partial charge in [0.05, 0.1) is 12.8 Å². The van der Waals surface area contributed by atoms with Gasteiger partial charge in [0.25, 0.3) is 5.56 Å². The van der Waals surface area contributed by atoms with E-state index in [9.17, 15) is 19.8 Å². The first-order valence-electron chi connectivity index (χ1n) is 5.49. The molecule has 2 N–H and O–H groups in total. The Bertz CT molecular complexity index is 724. The van der Waals surface area contributed by atoms with Gasteiger partial charge in [-0.15, -0.1) is 0 Å². The molecule has 104 valence electrons. The minimum atomic E-state index is -1.04. The van der Waals surface area contributed by atoms with Crippen molar-refractivity contribution in [3.63, 3.8) is 0 Å². The molecular formula is C13H10ClNO5. The number of hydrogen-bond donors (Lipinski definition) is 2. The third kappa shape index (κ3) is 2.10. The van der Waals surface area contributed by atoms with E-state index in [1.54, 1.807) is 18.2 Å². The Hall–Kier alpha value is -2.47. The Balaban J connectivity index is 2.87. The van der Waals surface area contributed by atoms with E-state index in [1.807, 2.05) is 0 Å². The Morgan fingerprint density at radius 3 is 2.40 bits per heavy atom. The molecule has 0 bridgehead atoms. The lowest BCUT2D eigenvalue weighted by atomic mass is 10.2. The highest BCUT2D eigenvalue weighted by molar-refractivity contribution is 6.33. The summed E-state index contributed by atoms with van der Waals surface area (Å²) in [5.41, 5.74) is -1.27. The van der Waals surface area contributed by atoms with Gasteiger partial charge in [-0.3, -0.25) is 4.79 Å². The van der Waals surface area contributed by atoms with Crippen molar-refractivity contribution in [2.45, 2.75) is 0 Å².